The van der Waals surface area contributed by atoms with Crippen molar-refractivity contribution in [1.29, 1.82) is 0 Å². The first-order chi connectivity index (χ1) is 8.00. The normalized spacial score (nSPS) is 13.2. The fraction of sp³-hybridized carbons (Fsp3) is 0.462. The van der Waals surface area contributed by atoms with E-state index in [4.69, 9.17) is 10.5 Å². The third-order valence-electron chi connectivity index (χ3n) is 2.55. The minimum atomic E-state index is -0.595. The number of carbonyl (C=O) groups is 1. The molecule has 4 nitrogen and oxygen atoms in total. The summed E-state index contributed by atoms with van der Waals surface area (Å²) in [5.74, 6) is -0.172. The van der Waals surface area contributed by atoms with E-state index in [0.717, 1.165) is 5.56 Å². The van der Waals surface area contributed by atoms with Crippen molar-refractivity contribution in [2.45, 2.75) is 25.5 Å². The molecule has 0 saturated carbocycles. The highest BCUT2D eigenvalue weighted by Crippen LogP contribution is 2.17. The van der Waals surface area contributed by atoms with Crippen LogP contribution in [0, 0.1) is 0 Å². The van der Waals surface area contributed by atoms with Gasteiger partial charge in [-0.25, -0.2) is 0 Å². The summed E-state index contributed by atoms with van der Waals surface area (Å²) in [7, 11) is 1.52. The molecular weight excluding hydrogens is 216 g/mol. The quantitative estimate of drug-likeness (QED) is 0.808. The number of methoxy groups -OCH3 is 1. The fourth-order valence-electron chi connectivity index (χ4n) is 1.47. The van der Waals surface area contributed by atoms with E-state index in [-0.39, 0.29) is 5.91 Å². The van der Waals surface area contributed by atoms with Gasteiger partial charge in [-0.1, -0.05) is 30.3 Å². The van der Waals surface area contributed by atoms with Gasteiger partial charge in [0.2, 0.25) is 0 Å². The van der Waals surface area contributed by atoms with Crippen LogP contribution in [0.3, 0.4) is 0 Å². The van der Waals surface area contributed by atoms with E-state index in [2.05, 4.69) is 5.32 Å². The van der Waals surface area contributed by atoms with Crippen LogP contribution in [0.2, 0.25) is 0 Å². The molecular formula is C13H20N2O2. The second-order valence-electron chi connectivity index (χ2n) is 4.60. The molecule has 3 N–H and O–H groups in total. The summed E-state index contributed by atoms with van der Waals surface area (Å²) >= 11 is 0. The Kier molecular flexibility index (Phi) is 4.66. The minimum absolute atomic E-state index is 0.172. The van der Waals surface area contributed by atoms with Crippen LogP contribution in [0.25, 0.3) is 0 Å². The molecule has 0 radical (unpaired) electrons. The lowest BCUT2D eigenvalue weighted by atomic mass is 10.0. The molecule has 0 fully saturated rings. The molecule has 1 atom stereocenters. The second-order valence-corrected chi connectivity index (χ2v) is 4.60. The molecule has 1 rings (SSSR count). The van der Waals surface area contributed by atoms with Gasteiger partial charge in [-0.15, -0.1) is 0 Å². The van der Waals surface area contributed by atoms with Crippen molar-refractivity contribution in [3.05, 3.63) is 35.9 Å². The molecule has 1 amide bonds. The third kappa shape index (κ3) is 3.84. The van der Waals surface area contributed by atoms with Crippen LogP contribution in [-0.4, -0.2) is 25.1 Å². The molecule has 1 aromatic carbocycles. The highest BCUT2D eigenvalue weighted by Gasteiger charge is 2.25. The Hall–Kier alpha value is -1.39. The zero-order valence-corrected chi connectivity index (χ0v) is 10.6. The van der Waals surface area contributed by atoms with Crippen LogP contribution in [0.15, 0.2) is 30.3 Å². The zero-order chi connectivity index (χ0) is 12.9. The Morgan fingerprint density at radius 3 is 2.47 bits per heavy atom. The summed E-state index contributed by atoms with van der Waals surface area (Å²) < 4.78 is 5.24. The molecule has 17 heavy (non-hydrogen) atoms. The lowest BCUT2D eigenvalue weighted by molar-refractivity contribution is -0.133. The summed E-state index contributed by atoms with van der Waals surface area (Å²) in [5, 5.41) is 2.87. The molecule has 0 spiro atoms. The van der Waals surface area contributed by atoms with Gasteiger partial charge in [-0.05, 0) is 19.4 Å². The first-order valence-corrected chi connectivity index (χ1v) is 5.60. The topological polar surface area (TPSA) is 64.3 Å². The van der Waals surface area contributed by atoms with E-state index in [9.17, 15) is 4.79 Å². The van der Waals surface area contributed by atoms with Crippen LogP contribution < -0.4 is 11.1 Å². The summed E-state index contributed by atoms with van der Waals surface area (Å²) in [4.78, 5) is 12.1. The number of amides is 1. The van der Waals surface area contributed by atoms with E-state index in [1.807, 2.05) is 44.2 Å². The van der Waals surface area contributed by atoms with E-state index in [1.165, 1.54) is 7.11 Å². The van der Waals surface area contributed by atoms with Gasteiger partial charge in [0.05, 0.1) is 0 Å². The van der Waals surface area contributed by atoms with Gasteiger partial charge in [0.1, 0.15) is 0 Å². The fourth-order valence-corrected chi connectivity index (χ4v) is 1.47. The van der Waals surface area contributed by atoms with Crippen molar-refractivity contribution < 1.29 is 9.53 Å². The van der Waals surface area contributed by atoms with Crippen molar-refractivity contribution >= 4 is 5.91 Å². The molecule has 0 aliphatic heterocycles. The molecule has 1 unspecified atom stereocenters. The van der Waals surface area contributed by atoms with Crippen LogP contribution >= 0.6 is 0 Å². The molecule has 0 saturated heterocycles. The van der Waals surface area contributed by atoms with Crippen molar-refractivity contribution in [3.8, 4) is 0 Å². The van der Waals surface area contributed by atoms with Crippen LogP contribution in [-0.2, 0) is 9.53 Å². The van der Waals surface area contributed by atoms with Crippen LogP contribution in [0.5, 0.6) is 0 Å². The highest BCUT2D eigenvalue weighted by molar-refractivity contribution is 5.82. The SMILES string of the molecule is COC(C(=O)NC(C)(C)CN)c1ccccc1. The first kappa shape index (κ1) is 13.7. The molecule has 0 heterocycles. The van der Waals surface area contributed by atoms with Crippen LogP contribution in [0.4, 0.5) is 0 Å². The van der Waals surface area contributed by atoms with Gasteiger partial charge in [0.15, 0.2) is 6.10 Å². The largest absolute Gasteiger partial charge is 0.367 e. The number of ether oxygens (including phenoxy) is 1. The number of carbonyl (C=O) groups excluding carboxylic acids is 1. The number of nitrogens with one attached hydrogen (secondary N) is 1. The highest BCUT2D eigenvalue weighted by atomic mass is 16.5. The summed E-state index contributed by atoms with van der Waals surface area (Å²) in [6.07, 6.45) is -0.595. The van der Waals surface area contributed by atoms with Crippen molar-refractivity contribution in [3.63, 3.8) is 0 Å². The number of benzene rings is 1. The standard InChI is InChI=1S/C13H20N2O2/c1-13(2,9-14)15-12(16)11(17-3)10-7-5-4-6-8-10/h4-8,11H,9,14H2,1-3H3,(H,15,16). The van der Waals surface area contributed by atoms with Crippen molar-refractivity contribution in [2.75, 3.05) is 13.7 Å². The molecule has 0 bridgehead atoms. The van der Waals surface area contributed by atoms with E-state index in [1.54, 1.807) is 0 Å². The number of nitrogens with two attached hydrogens (primary N) is 1. The van der Waals surface area contributed by atoms with Gasteiger partial charge in [-0.2, -0.15) is 0 Å². The van der Waals surface area contributed by atoms with Gasteiger partial charge in [0, 0.05) is 19.2 Å². The minimum Gasteiger partial charge on any atom is -0.367 e. The first-order valence-electron chi connectivity index (χ1n) is 5.60. The maximum atomic E-state index is 12.1. The van der Waals surface area contributed by atoms with Gasteiger partial charge in [0.25, 0.3) is 5.91 Å². The van der Waals surface area contributed by atoms with E-state index in [0.29, 0.717) is 6.54 Å². The Morgan fingerprint density at radius 2 is 2.00 bits per heavy atom. The third-order valence-corrected chi connectivity index (χ3v) is 2.55. The Balaban J connectivity index is 2.79. The maximum absolute atomic E-state index is 12.1. The number of hydrogen-bond donors (Lipinski definition) is 2. The molecule has 0 aliphatic rings. The smallest absolute Gasteiger partial charge is 0.254 e. The van der Waals surface area contributed by atoms with Crippen molar-refractivity contribution in [1.82, 2.24) is 5.32 Å². The predicted molar refractivity (Wildman–Crippen MR) is 67.5 cm³/mol. The molecule has 0 aromatic heterocycles. The second kappa shape index (κ2) is 5.80. The summed E-state index contributed by atoms with van der Waals surface area (Å²) in [6, 6.07) is 9.38. The van der Waals surface area contributed by atoms with Gasteiger partial charge < -0.3 is 15.8 Å². The summed E-state index contributed by atoms with van der Waals surface area (Å²) in [5.41, 5.74) is 5.99. The Bertz CT molecular complexity index is 363. The zero-order valence-electron chi connectivity index (χ0n) is 10.6. The average molecular weight is 236 g/mol. The number of hydrogen-bond acceptors (Lipinski definition) is 3. The molecule has 1 aromatic rings. The molecule has 0 aliphatic carbocycles. The predicted octanol–water partition coefficient (Wildman–Crippen LogP) is 1.23. The Morgan fingerprint density at radius 1 is 1.41 bits per heavy atom. The monoisotopic (exact) mass is 236 g/mol. The molecule has 4 heteroatoms. The lowest BCUT2D eigenvalue weighted by Crippen LogP contribution is -2.50. The maximum Gasteiger partial charge on any atom is 0.254 e. The van der Waals surface area contributed by atoms with Crippen molar-refractivity contribution in [2.24, 2.45) is 5.73 Å². The number of rotatable bonds is 5. The van der Waals surface area contributed by atoms with Gasteiger partial charge in [-0.3, -0.25) is 4.79 Å². The lowest BCUT2D eigenvalue weighted by Gasteiger charge is -2.27. The molecule has 94 valence electrons. The van der Waals surface area contributed by atoms with E-state index >= 15 is 0 Å². The van der Waals surface area contributed by atoms with Gasteiger partial charge >= 0.3 is 0 Å². The summed E-state index contributed by atoms with van der Waals surface area (Å²) in [6.45, 7) is 4.13. The van der Waals surface area contributed by atoms with E-state index < -0.39 is 11.6 Å². The van der Waals surface area contributed by atoms with Crippen LogP contribution in [0.1, 0.15) is 25.5 Å². The Labute approximate surface area is 102 Å². The average Bonchev–Trinajstić information content (AvgIpc) is 2.31.